The van der Waals surface area contributed by atoms with Crippen LogP contribution in [0.3, 0.4) is 0 Å². The molecule has 0 heterocycles. The molecule has 0 aliphatic carbocycles. The Bertz CT molecular complexity index is 787. The molecule has 2 rings (SSSR count). The third-order valence-electron chi connectivity index (χ3n) is 3.47. The standard InChI is InChI=1S/C17H14F3NO4/c1-25-15(23)16(24,17(18,19)20)12-6-8-13(9-7-12)21-10-11-4-2-3-5-14(11)22/h2-10,22,24H,1H3. The lowest BCUT2D eigenvalue weighted by Gasteiger charge is -2.27. The average Bonchev–Trinajstić information content (AvgIpc) is 2.59. The molecule has 0 aliphatic rings. The van der Waals surface area contributed by atoms with Gasteiger partial charge in [0, 0.05) is 17.3 Å². The van der Waals surface area contributed by atoms with Crippen LogP contribution in [0.2, 0.25) is 0 Å². The molecule has 132 valence electrons. The second-order valence-corrected chi connectivity index (χ2v) is 5.06. The number of nitrogens with zero attached hydrogens (tertiary/aromatic N) is 1. The molecule has 5 nitrogen and oxygen atoms in total. The van der Waals surface area contributed by atoms with Crippen molar-refractivity contribution in [1.29, 1.82) is 0 Å². The van der Waals surface area contributed by atoms with Crippen LogP contribution in [-0.2, 0) is 15.1 Å². The molecule has 2 aromatic rings. The summed E-state index contributed by atoms with van der Waals surface area (Å²) >= 11 is 0. The Labute approximate surface area is 141 Å². The van der Waals surface area contributed by atoms with Gasteiger partial charge in [0.05, 0.1) is 12.8 Å². The van der Waals surface area contributed by atoms with E-state index in [1.807, 2.05) is 0 Å². The molecule has 25 heavy (non-hydrogen) atoms. The van der Waals surface area contributed by atoms with Crippen LogP contribution < -0.4 is 0 Å². The summed E-state index contributed by atoms with van der Waals surface area (Å²) in [5, 5.41) is 19.5. The summed E-state index contributed by atoms with van der Waals surface area (Å²) in [5.74, 6) is -1.83. The highest BCUT2D eigenvalue weighted by atomic mass is 19.4. The van der Waals surface area contributed by atoms with Crippen LogP contribution in [0.1, 0.15) is 11.1 Å². The van der Waals surface area contributed by atoms with Crippen LogP contribution in [-0.4, -0.2) is 35.7 Å². The summed E-state index contributed by atoms with van der Waals surface area (Å²) in [4.78, 5) is 15.5. The van der Waals surface area contributed by atoms with Gasteiger partial charge < -0.3 is 14.9 Å². The molecule has 0 fully saturated rings. The molecule has 1 atom stereocenters. The first-order valence-electron chi connectivity index (χ1n) is 7.00. The number of hydrogen-bond donors (Lipinski definition) is 2. The van der Waals surface area contributed by atoms with E-state index < -0.39 is 23.3 Å². The lowest BCUT2D eigenvalue weighted by molar-refractivity contribution is -0.266. The van der Waals surface area contributed by atoms with E-state index >= 15 is 0 Å². The molecule has 0 bridgehead atoms. The number of phenols is 1. The average molecular weight is 353 g/mol. The van der Waals surface area contributed by atoms with E-state index in [4.69, 9.17) is 0 Å². The Balaban J connectivity index is 2.32. The fourth-order valence-electron chi connectivity index (χ4n) is 2.07. The van der Waals surface area contributed by atoms with Crippen molar-refractivity contribution in [3.05, 3.63) is 59.7 Å². The van der Waals surface area contributed by atoms with Crippen molar-refractivity contribution in [1.82, 2.24) is 0 Å². The highest BCUT2D eigenvalue weighted by molar-refractivity contribution is 5.85. The molecule has 2 N–H and O–H groups in total. The molecule has 0 saturated heterocycles. The fourth-order valence-corrected chi connectivity index (χ4v) is 2.07. The molecule has 1 unspecified atom stereocenters. The number of hydrogen-bond acceptors (Lipinski definition) is 5. The van der Waals surface area contributed by atoms with Crippen LogP contribution in [0, 0.1) is 0 Å². The molecule has 0 radical (unpaired) electrons. The van der Waals surface area contributed by atoms with E-state index in [0.717, 1.165) is 19.2 Å². The monoisotopic (exact) mass is 353 g/mol. The summed E-state index contributed by atoms with van der Waals surface area (Å²) in [6.07, 6.45) is -3.92. The van der Waals surface area contributed by atoms with E-state index in [9.17, 15) is 28.2 Å². The number of phenolic OH excluding ortho intramolecular Hbond substituents is 1. The zero-order valence-electron chi connectivity index (χ0n) is 13.0. The molecule has 8 heteroatoms. The first kappa shape index (κ1) is 18.5. The number of esters is 1. The van der Waals surface area contributed by atoms with E-state index in [0.29, 0.717) is 5.56 Å². The maximum atomic E-state index is 13.1. The molecular formula is C17H14F3NO4. The number of aliphatic hydroxyl groups is 1. The van der Waals surface area contributed by atoms with Gasteiger partial charge in [0.2, 0.25) is 0 Å². The first-order chi connectivity index (χ1) is 11.7. The summed E-state index contributed by atoms with van der Waals surface area (Å²) in [5.41, 5.74) is -3.76. The number of aromatic hydroxyl groups is 1. The van der Waals surface area contributed by atoms with Crippen molar-refractivity contribution >= 4 is 17.9 Å². The summed E-state index contributed by atoms with van der Waals surface area (Å²) in [6, 6.07) is 10.6. The predicted molar refractivity (Wildman–Crippen MR) is 83.8 cm³/mol. The zero-order valence-corrected chi connectivity index (χ0v) is 13.0. The quantitative estimate of drug-likeness (QED) is 0.654. The van der Waals surface area contributed by atoms with Gasteiger partial charge in [-0.2, -0.15) is 13.2 Å². The highest BCUT2D eigenvalue weighted by Crippen LogP contribution is 2.40. The number of benzene rings is 2. The molecule has 0 saturated carbocycles. The summed E-state index contributed by atoms with van der Waals surface area (Å²) < 4.78 is 43.5. The van der Waals surface area contributed by atoms with Crippen LogP contribution in [0.5, 0.6) is 5.75 Å². The van der Waals surface area contributed by atoms with Gasteiger partial charge >= 0.3 is 12.1 Å². The summed E-state index contributed by atoms with van der Waals surface area (Å²) in [7, 11) is 0.754. The van der Waals surface area contributed by atoms with Crippen LogP contribution >= 0.6 is 0 Å². The lowest BCUT2D eigenvalue weighted by Crippen LogP contribution is -2.49. The second kappa shape index (κ2) is 6.94. The largest absolute Gasteiger partial charge is 0.507 e. The van der Waals surface area contributed by atoms with E-state index in [-0.39, 0.29) is 11.4 Å². The molecule has 0 aliphatic heterocycles. The van der Waals surface area contributed by atoms with Crippen molar-refractivity contribution in [3.63, 3.8) is 0 Å². The van der Waals surface area contributed by atoms with Crippen LogP contribution in [0.15, 0.2) is 53.5 Å². The minimum absolute atomic E-state index is 0.00000737. The van der Waals surface area contributed by atoms with Gasteiger partial charge in [0.1, 0.15) is 5.75 Å². The number of methoxy groups -OCH3 is 1. The number of carbonyl (C=O) groups excluding carboxylic acids is 1. The van der Waals surface area contributed by atoms with E-state index in [2.05, 4.69) is 9.73 Å². The van der Waals surface area contributed by atoms with Gasteiger partial charge in [-0.05, 0) is 24.3 Å². The van der Waals surface area contributed by atoms with Crippen molar-refractivity contribution < 1.29 is 32.9 Å². The number of aliphatic imine (C=N–C) groups is 1. The smallest absolute Gasteiger partial charge is 0.432 e. The van der Waals surface area contributed by atoms with Crippen molar-refractivity contribution in [2.45, 2.75) is 11.8 Å². The summed E-state index contributed by atoms with van der Waals surface area (Å²) in [6.45, 7) is 0. The molecule has 2 aromatic carbocycles. The Morgan fingerprint density at radius 3 is 2.24 bits per heavy atom. The third kappa shape index (κ3) is 3.63. The topological polar surface area (TPSA) is 79.1 Å². The zero-order chi connectivity index (χ0) is 18.7. The van der Waals surface area contributed by atoms with E-state index in [1.165, 1.54) is 24.4 Å². The molecule has 0 amide bonds. The lowest BCUT2D eigenvalue weighted by atomic mass is 9.93. The van der Waals surface area contributed by atoms with Gasteiger partial charge in [-0.25, -0.2) is 4.79 Å². The highest BCUT2D eigenvalue weighted by Gasteiger charge is 2.62. The number of carbonyl (C=O) groups is 1. The maximum Gasteiger partial charge on any atom is 0.432 e. The van der Waals surface area contributed by atoms with Crippen LogP contribution in [0.25, 0.3) is 0 Å². The van der Waals surface area contributed by atoms with Crippen molar-refractivity contribution in [2.24, 2.45) is 4.99 Å². The van der Waals surface area contributed by atoms with Gasteiger partial charge in [0.15, 0.2) is 0 Å². The van der Waals surface area contributed by atoms with Crippen LogP contribution in [0.4, 0.5) is 18.9 Å². The number of ether oxygens (including phenoxy) is 1. The fraction of sp³-hybridized carbons (Fsp3) is 0.176. The Morgan fingerprint density at radius 1 is 1.12 bits per heavy atom. The molecule has 0 spiro atoms. The minimum atomic E-state index is -5.25. The Kier molecular flexibility index (Phi) is 5.13. The molecule has 0 aromatic heterocycles. The molecular weight excluding hydrogens is 339 g/mol. The Morgan fingerprint density at radius 2 is 1.72 bits per heavy atom. The first-order valence-corrected chi connectivity index (χ1v) is 7.00. The third-order valence-corrected chi connectivity index (χ3v) is 3.47. The number of alkyl halides is 3. The minimum Gasteiger partial charge on any atom is -0.507 e. The SMILES string of the molecule is COC(=O)C(O)(c1ccc(N=Cc2ccccc2O)cc1)C(F)(F)F. The predicted octanol–water partition coefficient (Wildman–Crippen LogP) is 3.07. The number of halogens is 3. The van der Waals surface area contributed by atoms with E-state index in [1.54, 1.807) is 18.2 Å². The van der Waals surface area contributed by atoms with Gasteiger partial charge in [-0.15, -0.1) is 0 Å². The second-order valence-electron chi connectivity index (χ2n) is 5.06. The van der Waals surface area contributed by atoms with Gasteiger partial charge in [-0.1, -0.05) is 24.3 Å². The number of rotatable bonds is 4. The number of para-hydroxylation sites is 1. The van der Waals surface area contributed by atoms with Crippen molar-refractivity contribution in [3.8, 4) is 5.75 Å². The van der Waals surface area contributed by atoms with Crippen molar-refractivity contribution in [2.75, 3.05) is 7.11 Å². The Hall–Kier alpha value is -2.87. The van der Waals surface area contributed by atoms with Gasteiger partial charge in [0.25, 0.3) is 5.60 Å². The van der Waals surface area contributed by atoms with Gasteiger partial charge in [-0.3, -0.25) is 4.99 Å². The maximum absolute atomic E-state index is 13.1. The normalized spacial score (nSPS) is 14.3.